The fourth-order valence-electron chi connectivity index (χ4n) is 1.64. The highest BCUT2D eigenvalue weighted by Gasteiger charge is 2.09. The fraction of sp³-hybridized carbons (Fsp3) is 0.500. The molecule has 0 saturated heterocycles. The van der Waals surface area contributed by atoms with E-state index >= 15 is 0 Å². The summed E-state index contributed by atoms with van der Waals surface area (Å²) < 4.78 is 0. The molecule has 0 fully saturated rings. The van der Waals surface area contributed by atoms with Gasteiger partial charge < -0.3 is 15.1 Å². The summed E-state index contributed by atoms with van der Waals surface area (Å²) in [6.07, 6.45) is -0.561. The Balaban J connectivity index is 2.95. The van der Waals surface area contributed by atoms with E-state index in [1.54, 1.807) is 6.92 Å². The van der Waals surface area contributed by atoms with Crippen LogP contribution in [0.5, 0.6) is 0 Å². The van der Waals surface area contributed by atoms with Gasteiger partial charge in [0.05, 0.1) is 12.7 Å². The molecule has 1 unspecified atom stereocenters. The Morgan fingerprint density at radius 3 is 2.56 bits per heavy atom. The summed E-state index contributed by atoms with van der Waals surface area (Å²) in [6, 6.07) is 5.55. The Hall–Kier alpha value is -0.770. The number of anilines is 1. The van der Waals surface area contributed by atoms with E-state index in [1.165, 1.54) is 0 Å². The molecule has 3 nitrogen and oxygen atoms in total. The first-order valence-electron chi connectivity index (χ1n) is 5.43. The van der Waals surface area contributed by atoms with Crippen molar-refractivity contribution in [1.29, 1.82) is 0 Å². The van der Waals surface area contributed by atoms with Crippen LogP contribution < -0.4 is 4.90 Å². The molecule has 0 heterocycles. The van der Waals surface area contributed by atoms with Gasteiger partial charge in [0.1, 0.15) is 0 Å². The van der Waals surface area contributed by atoms with E-state index < -0.39 is 6.10 Å². The quantitative estimate of drug-likeness (QED) is 0.834. The molecule has 1 atom stereocenters. The molecule has 0 aliphatic carbocycles. The molecule has 0 aliphatic rings. The maximum absolute atomic E-state index is 9.46. The number of aliphatic hydroxyl groups is 2. The van der Waals surface area contributed by atoms with E-state index in [4.69, 9.17) is 16.7 Å². The molecule has 1 aromatic rings. The van der Waals surface area contributed by atoms with Crippen LogP contribution in [-0.4, -0.2) is 29.9 Å². The van der Waals surface area contributed by atoms with Crippen molar-refractivity contribution in [2.45, 2.75) is 20.0 Å². The third kappa shape index (κ3) is 3.11. The largest absolute Gasteiger partial charge is 0.395 e. The van der Waals surface area contributed by atoms with Gasteiger partial charge in [0, 0.05) is 23.8 Å². The molecule has 90 valence electrons. The van der Waals surface area contributed by atoms with E-state index in [0.29, 0.717) is 11.6 Å². The third-order valence-electron chi connectivity index (χ3n) is 2.55. The van der Waals surface area contributed by atoms with Gasteiger partial charge in [-0.1, -0.05) is 17.7 Å². The van der Waals surface area contributed by atoms with Gasteiger partial charge in [-0.3, -0.25) is 0 Å². The Morgan fingerprint density at radius 2 is 2.12 bits per heavy atom. The third-order valence-corrected chi connectivity index (χ3v) is 2.88. The van der Waals surface area contributed by atoms with Crippen molar-refractivity contribution < 1.29 is 10.2 Å². The van der Waals surface area contributed by atoms with Crippen molar-refractivity contribution in [2.75, 3.05) is 24.6 Å². The van der Waals surface area contributed by atoms with Crippen LogP contribution in [0.1, 0.15) is 25.5 Å². The zero-order valence-electron chi connectivity index (χ0n) is 9.65. The number of nitrogens with zero attached hydrogens (tertiary/aromatic N) is 1. The number of hydrogen-bond acceptors (Lipinski definition) is 3. The lowest BCUT2D eigenvalue weighted by Crippen LogP contribution is -2.26. The Labute approximate surface area is 101 Å². The summed E-state index contributed by atoms with van der Waals surface area (Å²) in [4.78, 5) is 2.03. The van der Waals surface area contributed by atoms with Gasteiger partial charge >= 0.3 is 0 Å². The minimum Gasteiger partial charge on any atom is -0.395 e. The zero-order valence-corrected chi connectivity index (χ0v) is 10.4. The summed E-state index contributed by atoms with van der Waals surface area (Å²) in [5.74, 6) is 0. The molecule has 2 N–H and O–H groups in total. The van der Waals surface area contributed by atoms with Crippen molar-refractivity contribution in [3.63, 3.8) is 0 Å². The van der Waals surface area contributed by atoms with Crippen LogP contribution in [0.25, 0.3) is 0 Å². The second-order valence-electron chi connectivity index (χ2n) is 3.69. The molecule has 1 aromatic carbocycles. The summed E-state index contributed by atoms with van der Waals surface area (Å²) in [6.45, 7) is 5.22. The fourth-order valence-corrected chi connectivity index (χ4v) is 1.97. The normalized spacial score (nSPS) is 12.6. The summed E-state index contributed by atoms with van der Waals surface area (Å²) in [7, 11) is 0. The van der Waals surface area contributed by atoms with E-state index in [9.17, 15) is 5.11 Å². The number of halogens is 1. The monoisotopic (exact) mass is 243 g/mol. The van der Waals surface area contributed by atoms with Gasteiger partial charge in [-0.15, -0.1) is 0 Å². The summed E-state index contributed by atoms with van der Waals surface area (Å²) in [5.41, 5.74) is 1.69. The average Bonchev–Trinajstić information content (AvgIpc) is 2.25. The molecule has 0 saturated carbocycles. The van der Waals surface area contributed by atoms with Crippen LogP contribution in [0.4, 0.5) is 5.69 Å². The average molecular weight is 244 g/mol. The topological polar surface area (TPSA) is 43.7 Å². The van der Waals surface area contributed by atoms with Crippen molar-refractivity contribution >= 4 is 17.3 Å². The molecule has 0 bridgehead atoms. The standard InChI is InChI=1S/C12H18ClNO2/c1-3-14(6-7-15)10-4-5-11(9(2)16)12(13)8-10/h4-5,8-9,15-16H,3,6-7H2,1-2H3. The van der Waals surface area contributed by atoms with Crippen LogP contribution in [-0.2, 0) is 0 Å². The van der Waals surface area contributed by atoms with E-state index in [1.807, 2.05) is 30.0 Å². The van der Waals surface area contributed by atoms with Crippen molar-refractivity contribution in [3.8, 4) is 0 Å². The van der Waals surface area contributed by atoms with Crippen LogP contribution in [0, 0.1) is 0 Å². The highest BCUT2D eigenvalue weighted by atomic mass is 35.5. The van der Waals surface area contributed by atoms with Crippen LogP contribution in [0.15, 0.2) is 18.2 Å². The van der Waals surface area contributed by atoms with Gasteiger partial charge in [0.15, 0.2) is 0 Å². The molecule has 16 heavy (non-hydrogen) atoms. The predicted molar refractivity (Wildman–Crippen MR) is 67.1 cm³/mol. The predicted octanol–water partition coefficient (Wildman–Crippen LogP) is 2.21. The maximum Gasteiger partial charge on any atom is 0.0776 e. The number of likely N-dealkylation sites (N-methyl/N-ethyl adjacent to an activating group) is 1. The Kier molecular flexibility index (Phi) is 5.06. The van der Waals surface area contributed by atoms with Crippen molar-refractivity contribution in [1.82, 2.24) is 0 Å². The maximum atomic E-state index is 9.46. The molecular weight excluding hydrogens is 226 g/mol. The smallest absolute Gasteiger partial charge is 0.0776 e. The van der Waals surface area contributed by atoms with Crippen LogP contribution in [0.2, 0.25) is 5.02 Å². The second-order valence-corrected chi connectivity index (χ2v) is 4.09. The summed E-state index contributed by atoms with van der Waals surface area (Å²) in [5, 5.41) is 18.9. The minimum absolute atomic E-state index is 0.115. The minimum atomic E-state index is -0.561. The van der Waals surface area contributed by atoms with E-state index in [-0.39, 0.29) is 6.61 Å². The Morgan fingerprint density at radius 1 is 1.44 bits per heavy atom. The lowest BCUT2D eigenvalue weighted by molar-refractivity contribution is 0.199. The van der Waals surface area contributed by atoms with Crippen molar-refractivity contribution in [2.24, 2.45) is 0 Å². The lowest BCUT2D eigenvalue weighted by atomic mass is 10.1. The molecule has 0 aliphatic heterocycles. The van der Waals surface area contributed by atoms with Gasteiger partial charge in [-0.05, 0) is 31.5 Å². The van der Waals surface area contributed by atoms with E-state index in [2.05, 4.69) is 0 Å². The first-order chi connectivity index (χ1) is 7.60. The zero-order chi connectivity index (χ0) is 12.1. The summed E-state index contributed by atoms with van der Waals surface area (Å²) >= 11 is 6.08. The number of rotatable bonds is 5. The highest BCUT2D eigenvalue weighted by Crippen LogP contribution is 2.27. The first kappa shape index (κ1) is 13.3. The molecule has 0 spiro atoms. The number of benzene rings is 1. The van der Waals surface area contributed by atoms with Crippen LogP contribution in [0.3, 0.4) is 0 Å². The molecule has 1 rings (SSSR count). The molecule has 4 heteroatoms. The molecule has 0 aromatic heterocycles. The van der Waals surface area contributed by atoms with E-state index in [0.717, 1.165) is 17.8 Å². The van der Waals surface area contributed by atoms with Gasteiger partial charge in [0.25, 0.3) is 0 Å². The van der Waals surface area contributed by atoms with Gasteiger partial charge in [-0.25, -0.2) is 0 Å². The first-order valence-corrected chi connectivity index (χ1v) is 5.81. The van der Waals surface area contributed by atoms with Gasteiger partial charge in [-0.2, -0.15) is 0 Å². The SMILES string of the molecule is CCN(CCO)c1ccc(C(C)O)c(Cl)c1. The Bertz CT molecular complexity index is 342. The molecular formula is C12H18ClNO2. The van der Waals surface area contributed by atoms with Crippen LogP contribution >= 0.6 is 11.6 Å². The number of hydrogen-bond donors (Lipinski definition) is 2. The molecule has 0 radical (unpaired) electrons. The highest BCUT2D eigenvalue weighted by molar-refractivity contribution is 6.31. The number of aliphatic hydroxyl groups excluding tert-OH is 2. The lowest BCUT2D eigenvalue weighted by Gasteiger charge is -2.23. The van der Waals surface area contributed by atoms with Gasteiger partial charge in [0.2, 0.25) is 0 Å². The van der Waals surface area contributed by atoms with Crippen molar-refractivity contribution in [3.05, 3.63) is 28.8 Å². The second kappa shape index (κ2) is 6.09. The molecule has 0 amide bonds.